The molecule has 2 unspecified atom stereocenters. The van der Waals surface area contributed by atoms with Crippen LogP contribution in [0, 0.1) is 5.82 Å². The third kappa shape index (κ3) is 2.53. The number of nitrogens with zero attached hydrogens (tertiary/aromatic N) is 3. The summed E-state index contributed by atoms with van der Waals surface area (Å²) in [4.78, 5) is 10.7. The van der Waals surface area contributed by atoms with E-state index >= 15 is 0 Å². The quantitative estimate of drug-likeness (QED) is 0.790. The van der Waals surface area contributed by atoms with Crippen LogP contribution in [0.15, 0.2) is 55.0 Å². The summed E-state index contributed by atoms with van der Waals surface area (Å²) in [7, 11) is 0. The highest BCUT2D eigenvalue weighted by atomic mass is 19.1. The lowest BCUT2D eigenvalue weighted by atomic mass is 10.0. The number of fused-ring (bicyclic) bond motifs is 1. The maximum absolute atomic E-state index is 13.2. The zero-order valence-electron chi connectivity index (χ0n) is 12.4. The van der Waals surface area contributed by atoms with Crippen molar-refractivity contribution in [3.63, 3.8) is 0 Å². The predicted octanol–water partition coefficient (Wildman–Crippen LogP) is 3.08. The lowest BCUT2D eigenvalue weighted by Crippen LogP contribution is -2.24. The van der Waals surface area contributed by atoms with Crippen molar-refractivity contribution in [3.8, 4) is 0 Å². The van der Waals surface area contributed by atoms with Gasteiger partial charge in [-0.25, -0.2) is 4.39 Å². The normalized spacial score (nSPS) is 21.0. The summed E-state index contributed by atoms with van der Waals surface area (Å²) in [6.07, 6.45) is 5.49. The highest BCUT2D eigenvalue weighted by molar-refractivity contribution is 5.91. The Bertz CT molecular complexity index is 832. The number of aliphatic hydroxyl groups is 1. The maximum Gasteiger partial charge on any atom is 0.123 e. The number of anilines is 1. The molecule has 4 rings (SSSR count). The van der Waals surface area contributed by atoms with Gasteiger partial charge in [-0.05, 0) is 36.2 Å². The van der Waals surface area contributed by atoms with Crippen molar-refractivity contribution >= 4 is 16.6 Å². The predicted molar refractivity (Wildman–Crippen MR) is 86.6 cm³/mol. The van der Waals surface area contributed by atoms with E-state index < -0.39 is 6.10 Å². The monoisotopic (exact) mass is 309 g/mol. The van der Waals surface area contributed by atoms with Crippen LogP contribution in [0.25, 0.3) is 10.9 Å². The molecular formula is C18H16FN3O. The summed E-state index contributed by atoms with van der Waals surface area (Å²) in [5.74, 6) is -0.252. The molecule has 0 bridgehead atoms. The van der Waals surface area contributed by atoms with Gasteiger partial charge in [-0.3, -0.25) is 9.97 Å². The molecule has 1 N–H and O–H groups in total. The molecule has 1 aliphatic rings. The maximum atomic E-state index is 13.2. The molecule has 23 heavy (non-hydrogen) atoms. The Balaban J connectivity index is 1.80. The number of benzene rings is 1. The van der Waals surface area contributed by atoms with E-state index in [0.29, 0.717) is 13.0 Å². The molecule has 3 heterocycles. The number of aromatic nitrogens is 2. The smallest absolute Gasteiger partial charge is 0.123 e. The summed E-state index contributed by atoms with van der Waals surface area (Å²) in [6, 6.07) is 10.3. The summed E-state index contributed by atoms with van der Waals surface area (Å²) in [5.41, 5.74) is 2.86. The zero-order chi connectivity index (χ0) is 15.8. The van der Waals surface area contributed by atoms with Gasteiger partial charge < -0.3 is 10.0 Å². The third-order valence-corrected chi connectivity index (χ3v) is 4.36. The lowest BCUT2D eigenvalue weighted by Gasteiger charge is -2.27. The molecule has 1 fully saturated rings. The second kappa shape index (κ2) is 5.59. The highest BCUT2D eigenvalue weighted by Crippen LogP contribution is 2.38. The molecule has 0 aliphatic carbocycles. The van der Waals surface area contributed by atoms with Crippen molar-refractivity contribution in [2.45, 2.75) is 18.6 Å². The van der Waals surface area contributed by atoms with Gasteiger partial charge in [0.15, 0.2) is 0 Å². The minimum absolute atomic E-state index is 0.0106. The standard InChI is InChI=1S/C18H16FN3O/c19-13-3-1-12(2-4-13)18-9-14(23)11-22(18)17-6-8-21-16-5-7-20-10-15(16)17/h1-8,10,14,18,23H,9,11H2. The van der Waals surface area contributed by atoms with Gasteiger partial charge in [0.2, 0.25) is 0 Å². The number of aliphatic hydroxyl groups excluding tert-OH is 1. The van der Waals surface area contributed by atoms with E-state index in [1.54, 1.807) is 30.7 Å². The van der Waals surface area contributed by atoms with Crippen LogP contribution in [-0.4, -0.2) is 27.7 Å². The molecule has 1 saturated heterocycles. The van der Waals surface area contributed by atoms with Crippen LogP contribution in [0.4, 0.5) is 10.1 Å². The van der Waals surface area contributed by atoms with Gasteiger partial charge in [0, 0.05) is 36.2 Å². The van der Waals surface area contributed by atoms with Crippen LogP contribution in [0.5, 0.6) is 0 Å². The number of rotatable bonds is 2. The second-order valence-corrected chi connectivity index (χ2v) is 5.83. The number of hydrogen-bond acceptors (Lipinski definition) is 4. The van der Waals surface area contributed by atoms with Crippen molar-refractivity contribution in [2.75, 3.05) is 11.4 Å². The highest BCUT2D eigenvalue weighted by Gasteiger charge is 2.33. The number of halogens is 1. The molecule has 4 nitrogen and oxygen atoms in total. The molecule has 0 amide bonds. The van der Waals surface area contributed by atoms with Crippen LogP contribution in [-0.2, 0) is 0 Å². The van der Waals surface area contributed by atoms with Gasteiger partial charge in [-0.1, -0.05) is 12.1 Å². The summed E-state index contributed by atoms with van der Waals surface area (Å²) in [6.45, 7) is 0.538. The van der Waals surface area contributed by atoms with E-state index in [4.69, 9.17) is 0 Å². The minimum atomic E-state index is -0.412. The fourth-order valence-corrected chi connectivity index (χ4v) is 3.31. The topological polar surface area (TPSA) is 49.2 Å². The molecule has 2 atom stereocenters. The van der Waals surface area contributed by atoms with E-state index in [9.17, 15) is 9.50 Å². The largest absolute Gasteiger partial charge is 0.391 e. The van der Waals surface area contributed by atoms with Gasteiger partial charge in [-0.2, -0.15) is 0 Å². The van der Waals surface area contributed by atoms with Gasteiger partial charge in [0.05, 0.1) is 17.7 Å². The van der Waals surface area contributed by atoms with Gasteiger partial charge >= 0.3 is 0 Å². The van der Waals surface area contributed by atoms with E-state index in [1.807, 2.05) is 12.1 Å². The molecule has 5 heteroatoms. The lowest BCUT2D eigenvalue weighted by molar-refractivity contribution is 0.194. The van der Waals surface area contributed by atoms with Crippen LogP contribution in [0.3, 0.4) is 0 Å². The Hall–Kier alpha value is -2.53. The molecule has 0 radical (unpaired) electrons. The Kier molecular flexibility index (Phi) is 3.42. The first-order valence-electron chi connectivity index (χ1n) is 7.61. The molecule has 0 saturated carbocycles. The van der Waals surface area contributed by atoms with E-state index in [2.05, 4.69) is 14.9 Å². The SMILES string of the molecule is OC1CC(c2ccc(F)cc2)N(c2ccnc3ccncc23)C1. The van der Waals surface area contributed by atoms with Gasteiger partial charge in [0.25, 0.3) is 0 Å². The Morgan fingerprint density at radius 2 is 1.91 bits per heavy atom. The summed E-state index contributed by atoms with van der Waals surface area (Å²) >= 11 is 0. The molecule has 1 aliphatic heterocycles. The summed E-state index contributed by atoms with van der Waals surface area (Å²) < 4.78 is 13.2. The second-order valence-electron chi connectivity index (χ2n) is 5.83. The van der Waals surface area contributed by atoms with Crippen molar-refractivity contribution < 1.29 is 9.50 Å². The van der Waals surface area contributed by atoms with Crippen LogP contribution in [0.1, 0.15) is 18.0 Å². The summed E-state index contributed by atoms with van der Waals surface area (Å²) in [5, 5.41) is 11.1. The molecule has 0 spiro atoms. The van der Waals surface area contributed by atoms with Gasteiger partial charge in [0.1, 0.15) is 5.82 Å². The first-order chi connectivity index (χ1) is 11.2. The van der Waals surface area contributed by atoms with E-state index in [-0.39, 0.29) is 11.9 Å². The first-order valence-corrected chi connectivity index (χ1v) is 7.61. The first kappa shape index (κ1) is 14.1. The van der Waals surface area contributed by atoms with Crippen molar-refractivity contribution in [2.24, 2.45) is 0 Å². The zero-order valence-corrected chi connectivity index (χ0v) is 12.4. The van der Waals surface area contributed by atoms with E-state index in [0.717, 1.165) is 22.2 Å². The van der Waals surface area contributed by atoms with Crippen LogP contribution in [0.2, 0.25) is 0 Å². The molecule has 2 aromatic heterocycles. The van der Waals surface area contributed by atoms with Crippen molar-refractivity contribution in [3.05, 3.63) is 66.4 Å². The Morgan fingerprint density at radius 1 is 1.09 bits per heavy atom. The average Bonchev–Trinajstić information content (AvgIpc) is 2.96. The van der Waals surface area contributed by atoms with E-state index in [1.165, 1.54) is 12.1 Å². The number of pyridine rings is 2. The molecule has 116 valence electrons. The molecule has 3 aromatic rings. The Morgan fingerprint density at radius 3 is 2.74 bits per heavy atom. The fourth-order valence-electron chi connectivity index (χ4n) is 3.31. The minimum Gasteiger partial charge on any atom is -0.391 e. The Labute approximate surface area is 133 Å². The third-order valence-electron chi connectivity index (χ3n) is 4.36. The number of hydrogen-bond donors (Lipinski definition) is 1. The fraction of sp³-hybridized carbons (Fsp3) is 0.222. The molecular weight excluding hydrogens is 293 g/mol. The van der Waals surface area contributed by atoms with Crippen molar-refractivity contribution in [1.29, 1.82) is 0 Å². The van der Waals surface area contributed by atoms with Crippen LogP contribution >= 0.6 is 0 Å². The number of β-amino-alcohol motifs (C(OH)–C–C–N with tert-alkyl or cyclic N) is 1. The van der Waals surface area contributed by atoms with Crippen LogP contribution < -0.4 is 4.90 Å². The van der Waals surface area contributed by atoms with Gasteiger partial charge in [-0.15, -0.1) is 0 Å². The van der Waals surface area contributed by atoms with Crippen molar-refractivity contribution in [1.82, 2.24) is 9.97 Å². The average molecular weight is 309 g/mol. The molecule has 1 aromatic carbocycles.